The van der Waals surface area contributed by atoms with Crippen LogP contribution in [-0.2, 0) is 4.79 Å². The van der Waals surface area contributed by atoms with Crippen molar-refractivity contribution < 1.29 is 14.7 Å². The number of anilines is 1. The van der Waals surface area contributed by atoms with Gasteiger partial charge in [0.15, 0.2) is 0 Å². The van der Waals surface area contributed by atoms with Gasteiger partial charge in [-0.1, -0.05) is 6.07 Å². The van der Waals surface area contributed by atoms with Gasteiger partial charge in [0.2, 0.25) is 5.91 Å². The molecule has 3 rings (SSSR count). The van der Waals surface area contributed by atoms with E-state index in [0.29, 0.717) is 23.1 Å². The molecule has 5 heteroatoms. The summed E-state index contributed by atoms with van der Waals surface area (Å²) in [6.45, 7) is 1.58. The first-order chi connectivity index (χ1) is 10.6. The van der Waals surface area contributed by atoms with Crippen LogP contribution in [0.3, 0.4) is 0 Å². The highest BCUT2D eigenvalue weighted by Crippen LogP contribution is 2.48. The second-order valence-corrected chi connectivity index (χ2v) is 6.44. The van der Waals surface area contributed by atoms with Crippen LogP contribution in [0.1, 0.15) is 36.5 Å². The molecule has 0 aromatic heterocycles. The van der Waals surface area contributed by atoms with Crippen LogP contribution >= 0.6 is 0 Å². The number of amides is 2. The summed E-state index contributed by atoms with van der Waals surface area (Å²) in [5.74, 6) is 0.922. The molecule has 3 N–H and O–H groups in total. The van der Waals surface area contributed by atoms with Crippen molar-refractivity contribution in [1.82, 2.24) is 5.32 Å². The Morgan fingerprint density at radius 2 is 2.05 bits per heavy atom. The summed E-state index contributed by atoms with van der Waals surface area (Å²) in [6, 6.07) is 7.00. The predicted octanol–water partition coefficient (Wildman–Crippen LogP) is 1.78. The third-order valence-corrected chi connectivity index (χ3v) is 5.04. The highest BCUT2D eigenvalue weighted by molar-refractivity contribution is 5.97. The Morgan fingerprint density at radius 3 is 2.77 bits per heavy atom. The Hall–Kier alpha value is -1.88. The third-order valence-electron chi connectivity index (χ3n) is 5.04. The number of carbonyl (C=O) groups excluding carboxylic acids is 2. The topological polar surface area (TPSA) is 78.4 Å². The molecule has 0 spiro atoms. The van der Waals surface area contributed by atoms with Crippen LogP contribution in [0.25, 0.3) is 0 Å². The van der Waals surface area contributed by atoms with Crippen LogP contribution in [-0.4, -0.2) is 29.6 Å². The maximum atomic E-state index is 12.5. The lowest BCUT2D eigenvalue weighted by Gasteiger charge is -2.30. The van der Waals surface area contributed by atoms with Gasteiger partial charge in [0.1, 0.15) is 0 Å². The Labute approximate surface area is 130 Å². The fraction of sp³-hybridized carbons (Fsp3) is 0.529. The fourth-order valence-corrected chi connectivity index (χ4v) is 4.07. The number of rotatable bonds is 4. The van der Waals surface area contributed by atoms with Gasteiger partial charge in [-0.3, -0.25) is 9.59 Å². The van der Waals surface area contributed by atoms with Gasteiger partial charge < -0.3 is 15.7 Å². The average molecular weight is 302 g/mol. The monoisotopic (exact) mass is 302 g/mol. The first-order valence-electron chi connectivity index (χ1n) is 7.88. The van der Waals surface area contributed by atoms with Gasteiger partial charge in [0, 0.05) is 36.7 Å². The molecule has 1 aromatic rings. The first-order valence-corrected chi connectivity index (χ1v) is 7.88. The summed E-state index contributed by atoms with van der Waals surface area (Å²) in [5.41, 5.74) is 1.15. The molecule has 2 aliphatic carbocycles. The standard InChI is InChI=1S/C17H22N2O3/c1-10(21)18-14-4-2-3-13(8-14)17(22)19-16-12-6-5-11(7-12)15(16)9-20/h2-4,8,11-12,15-16,20H,5-7,9H2,1H3,(H,18,21)(H,19,22). The van der Waals surface area contributed by atoms with Crippen molar-refractivity contribution in [2.24, 2.45) is 17.8 Å². The van der Waals surface area contributed by atoms with E-state index in [1.54, 1.807) is 24.3 Å². The second kappa shape index (κ2) is 6.08. The van der Waals surface area contributed by atoms with Gasteiger partial charge in [-0.2, -0.15) is 0 Å². The number of carbonyl (C=O) groups is 2. The van der Waals surface area contributed by atoms with Crippen molar-refractivity contribution in [1.29, 1.82) is 0 Å². The van der Waals surface area contributed by atoms with Gasteiger partial charge in [-0.05, 0) is 49.3 Å². The molecule has 22 heavy (non-hydrogen) atoms. The zero-order valence-corrected chi connectivity index (χ0v) is 12.7. The third kappa shape index (κ3) is 2.86. The van der Waals surface area contributed by atoms with Gasteiger partial charge in [-0.25, -0.2) is 0 Å². The summed E-state index contributed by atoms with van der Waals surface area (Å²) < 4.78 is 0. The average Bonchev–Trinajstić information content (AvgIpc) is 3.07. The zero-order valence-electron chi connectivity index (χ0n) is 12.7. The molecule has 1 aromatic carbocycles. The van der Waals surface area contributed by atoms with E-state index in [9.17, 15) is 14.7 Å². The number of hydrogen-bond donors (Lipinski definition) is 3. The van der Waals surface area contributed by atoms with E-state index in [1.807, 2.05) is 0 Å². The Bertz CT molecular complexity index is 587. The molecule has 0 heterocycles. The molecule has 0 radical (unpaired) electrons. The number of aliphatic hydroxyl groups excluding tert-OH is 1. The van der Waals surface area contributed by atoms with E-state index in [0.717, 1.165) is 12.8 Å². The minimum absolute atomic E-state index is 0.0701. The van der Waals surface area contributed by atoms with Crippen molar-refractivity contribution in [3.8, 4) is 0 Å². The van der Waals surface area contributed by atoms with Gasteiger partial charge >= 0.3 is 0 Å². The molecule has 2 amide bonds. The normalized spacial score (nSPS) is 29.4. The van der Waals surface area contributed by atoms with Crippen molar-refractivity contribution in [2.75, 3.05) is 11.9 Å². The van der Waals surface area contributed by atoms with E-state index >= 15 is 0 Å². The molecule has 2 fully saturated rings. The molecular weight excluding hydrogens is 280 g/mol. The molecule has 118 valence electrons. The Morgan fingerprint density at radius 1 is 1.27 bits per heavy atom. The van der Waals surface area contributed by atoms with E-state index in [4.69, 9.17) is 0 Å². The number of hydrogen-bond acceptors (Lipinski definition) is 3. The van der Waals surface area contributed by atoms with E-state index in [1.165, 1.54) is 13.3 Å². The molecule has 4 atom stereocenters. The van der Waals surface area contributed by atoms with Crippen molar-refractivity contribution >= 4 is 17.5 Å². The van der Waals surface area contributed by atoms with Gasteiger partial charge in [-0.15, -0.1) is 0 Å². The van der Waals surface area contributed by atoms with Gasteiger partial charge in [0.05, 0.1) is 0 Å². The summed E-state index contributed by atoms with van der Waals surface area (Å²) >= 11 is 0. The quantitative estimate of drug-likeness (QED) is 0.793. The van der Waals surface area contributed by atoms with Crippen LogP contribution in [0.15, 0.2) is 24.3 Å². The molecule has 0 saturated heterocycles. The lowest BCUT2D eigenvalue weighted by molar-refractivity contribution is -0.114. The molecule has 5 nitrogen and oxygen atoms in total. The van der Waals surface area contributed by atoms with Crippen LogP contribution in [0.2, 0.25) is 0 Å². The number of nitrogens with one attached hydrogen (secondary N) is 2. The number of fused-ring (bicyclic) bond motifs is 2. The zero-order chi connectivity index (χ0) is 15.7. The van der Waals surface area contributed by atoms with Crippen molar-refractivity contribution in [3.05, 3.63) is 29.8 Å². The molecule has 2 saturated carbocycles. The molecule has 2 aliphatic rings. The first kappa shape index (κ1) is 15.0. The maximum absolute atomic E-state index is 12.5. The Balaban J connectivity index is 1.70. The molecule has 0 aliphatic heterocycles. The highest BCUT2D eigenvalue weighted by atomic mass is 16.3. The Kier molecular flexibility index (Phi) is 4.16. The van der Waals surface area contributed by atoms with Crippen LogP contribution < -0.4 is 10.6 Å². The maximum Gasteiger partial charge on any atom is 0.251 e. The lowest BCUT2D eigenvalue weighted by atomic mass is 9.85. The summed E-state index contributed by atoms with van der Waals surface area (Å²) in [5, 5.41) is 15.4. The van der Waals surface area contributed by atoms with E-state index in [2.05, 4.69) is 10.6 Å². The number of benzene rings is 1. The minimum Gasteiger partial charge on any atom is -0.396 e. The van der Waals surface area contributed by atoms with Crippen LogP contribution in [0, 0.1) is 17.8 Å². The smallest absolute Gasteiger partial charge is 0.251 e. The van der Waals surface area contributed by atoms with Crippen LogP contribution in [0.4, 0.5) is 5.69 Å². The van der Waals surface area contributed by atoms with Gasteiger partial charge in [0.25, 0.3) is 5.91 Å². The SMILES string of the molecule is CC(=O)Nc1cccc(C(=O)NC2C3CCC(C3)C2CO)c1. The minimum atomic E-state index is -0.161. The molecule has 4 unspecified atom stereocenters. The number of aliphatic hydroxyl groups is 1. The molecule has 2 bridgehead atoms. The van der Waals surface area contributed by atoms with Crippen molar-refractivity contribution in [3.63, 3.8) is 0 Å². The predicted molar refractivity (Wildman–Crippen MR) is 83.4 cm³/mol. The van der Waals surface area contributed by atoms with E-state index < -0.39 is 0 Å². The van der Waals surface area contributed by atoms with Crippen molar-refractivity contribution in [2.45, 2.75) is 32.2 Å². The second-order valence-electron chi connectivity index (χ2n) is 6.44. The fourth-order valence-electron chi connectivity index (χ4n) is 4.07. The molecular formula is C17H22N2O3. The van der Waals surface area contributed by atoms with Crippen LogP contribution in [0.5, 0.6) is 0 Å². The lowest BCUT2D eigenvalue weighted by Crippen LogP contribution is -2.45. The summed E-state index contributed by atoms with van der Waals surface area (Å²) in [4.78, 5) is 23.6. The summed E-state index contributed by atoms with van der Waals surface area (Å²) in [7, 11) is 0. The largest absolute Gasteiger partial charge is 0.396 e. The highest BCUT2D eigenvalue weighted by Gasteiger charge is 2.47. The van der Waals surface area contributed by atoms with E-state index in [-0.39, 0.29) is 30.4 Å². The summed E-state index contributed by atoms with van der Waals surface area (Å²) in [6.07, 6.45) is 3.42.